The lowest BCUT2D eigenvalue weighted by Crippen LogP contribution is -2.32. The van der Waals surface area contributed by atoms with Crippen molar-refractivity contribution in [3.63, 3.8) is 0 Å². The van der Waals surface area contributed by atoms with Crippen LogP contribution in [0.1, 0.15) is 18.6 Å². The molecule has 1 aromatic heterocycles. The number of furan rings is 1. The molecule has 0 atom stereocenters. The number of nitrogens with zero attached hydrogens (tertiary/aromatic N) is 1. The van der Waals surface area contributed by atoms with Gasteiger partial charge in [-0.3, -0.25) is 4.79 Å². The first-order valence-corrected chi connectivity index (χ1v) is 8.84. The lowest BCUT2D eigenvalue weighted by Gasteiger charge is -2.13. The molecule has 2 aromatic rings. The molecule has 1 aromatic carbocycles. The molecular weight excluding hydrogens is 302 g/mol. The maximum absolute atomic E-state index is 12.0. The summed E-state index contributed by atoms with van der Waals surface area (Å²) < 4.78 is 30.1. The van der Waals surface area contributed by atoms with Gasteiger partial charge in [0, 0.05) is 24.9 Å². The third kappa shape index (κ3) is 3.06. The summed E-state index contributed by atoms with van der Waals surface area (Å²) in [5.41, 5.74) is 0.974. The van der Waals surface area contributed by atoms with E-state index in [1.807, 2.05) is 42.5 Å². The first-order valence-electron chi connectivity index (χ1n) is 7.24. The summed E-state index contributed by atoms with van der Waals surface area (Å²) in [5.74, 6) is 1.15. The standard InChI is InChI=1S/C16H17NO4S/c18-16(17-11-4-12-22(17,19)20)10-8-14-7-9-15(21-14)13-5-2-1-3-6-13/h1-3,5-7,9H,4,8,10-12H2. The Hall–Kier alpha value is -2.08. The number of hydrogen-bond donors (Lipinski definition) is 0. The molecule has 0 saturated carbocycles. The quantitative estimate of drug-likeness (QED) is 0.868. The Morgan fingerprint density at radius 1 is 1.14 bits per heavy atom. The fraction of sp³-hybridized carbons (Fsp3) is 0.312. The van der Waals surface area contributed by atoms with Crippen molar-refractivity contribution in [2.45, 2.75) is 19.3 Å². The number of hydrogen-bond acceptors (Lipinski definition) is 4. The van der Waals surface area contributed by atoms with Crippen LogP contribution in [0.25, 0.3) is 11.3 Å². The zero-order valence-corrected chi connectivity index (χ0v) is 12.9. The van der Waals surface area contributed by atoms with E-state index in [0.717, 1.165) is 15.6 Å². The van der Waals surface area contributed by atoms with E-state index in [9.17, 15) is 13.2 Å². The van der Waals surface area contributed by atoms with Gasteiger partial charge in [0.25, 0.3) is 0 Å². The molecule has 5 nitrogen and oxygen atoms in total. The first-order chi connectivity index (χ1) is 10.6. The van der Waals surface area contributed by atoms with Crippen LogP contribution in [0, 0.1) is 0 Å². The van der Waals surface area contributed by atoms with Crippen molar-refractivity contribution in [2.75, 3.05) is 12.3 Å². The molecule has 1 aliphatic heterocycles. The van der Waals surface area contributed by atoms with Crippen LogP contribution in [0.4, 0.5) is 0 Å². The van der Waals surface area contributed by atoms with Crippen molar-refractivity contribution in [1.82, 2.24) is 4.31 Å². The number of sulfonamides is 1. The predicted molar refractivity (Wildman–Crippen MR) is 82.6 cm³/mol. The van der Waals surface area contributed by atoms with Gasteiger partial charge >= 0.3 is 0 Å². The molecule has 3 rings (SSSR count). The van der Waals surface area contributed by atoms with E-state index in [-0.39, 0.29) is 18.1 Å². The zero-order valence-electron chi connectivity index (χ0n) is 12.1. The van der Waals surface area contributed by atoms with Crippen LogP contribution in [-0.2, 0) is 21.2 Å². The van der Waals surface area contributed by atoms with Crippen LogP contribution >= 0.6 is 0 Å². The third-order valence-corrected chi connectivity index (χ3v) is 5.55. The van der Waals surface area contributed by atoms with Crippen molar-refractivity contribution in [3.05, 3.63) is 48.2 Å². The second-order valence-corrected chi connectivity index (χ2v) is 7.28. The van der Waals surface area contributed by atoms with E-state index < -0.39 is 10.0 Å². The van der Waals surface area contributed by atoms with Crippen LogP contribution in [0.5, 0.6) is 0 Å². The molecular formula is C16H17NO4S. The Morgan fingerprint density at radius 2 is 1.91 bits per heavy atom. The Labute approximate surface area is 129 Å². The Balaban J connectivity index is 1.63. The van der Waals surface area contributed by atoms with Gasteiger partial charge < -0.3 is 4.42 Å². The van der Waals surface area contributed by atoms with Crippen LogP contribution in [-0.4, -0.2) is 30.9 Å². The molecule has 0 spiro atoms. The second kappa shape index (κ2) is 5.96. The van der Waals surface area contributed by atoms with Gasteiger partial charge in [-0.05, 0) is 18.6 Å². The maximum atomic E-state index is 12.0. The largest absolute Gasteiger partial charge is 0.461 e. The van der Waals surface area contributed by atoms with Crippen molar-refractivity contribution in [3.8, 4) is 11.3 Å². The van der Waals surface area contributed by atoms with E-state index in [1.54, 1.807) is 0 Å². The smallest absolute Gasteiger partial charge is 0.237 e. The van der Waals surface area contributed by atoms with E-state index >= 15 is 0 Å². The molecule has 1 saturated heterocycles. The van der Waals surface area contributed by atoms with Gasteiger partial charge in [0.05, 0.1) is 5.75 Å². The molecule has 22 heavy (non-hydrogen) atoms. The molecule has 0 aliphatic carbocycles. The molecule has 0 bridgehead atoms. The van der Waals surface area contributed by atoms with E-state index in [4.69, 9.17) is 4.42 Å². The van der Waals surface area contributed by atoms with E-state index in [1.165, 1.54) is 0 Å². The summed E-state index contributed by atoms with van der Waals surface area (Å²) in [5, 5.41) is 0. The third-order valence-electron chi connectivity index (χ3n) is 3.68. The number of benzene rings is 1. The molecule has 1 fully saturated rings. The molecule has 1 amide bonds. The van der Waals surface area contributed by atoms with Crippen LogP contribution in [0.2, 0.25) is 0 Å². The molecule has 116 valence electrons. The van der Waals surface area contributed by atoms with Gasteiger partial charge in [-0.2, -0.15) is 0 Å². The number of carbonyl (C=O) groups excluding carboxylic acids is 1. The summed E-state index contributed by atoms with van der Waals surface area (Å²) in [6.45, 7) is 0.300. The summed E-state index contributed by atoms with van der Waals surface area (Å²) >= 11 is 0. The van der Waals surface area contributed by atoms with Crippen LogP contribution < -0.4 is 0 Å². The lowest BCUT2D eigenvalue weighted by molar-refractivity contribution is -0.126. The van der Waals surface area contributed by atoms with Crippen molar-refractivity contribution in [1.29, 1.82) is 0 Å². The minimum absolute atomic E-state index is 0.0671. The summed E-state index contributed by atoms with van der Waals surface area (Å²) in [7, 11) is -3.38. The highest BCUT2D eigenvalue weighted by Gasteiger charge is 2.32. The van der Waals surface area contributed by atoms with Crippen molar-refractivity contribution in [2.24, 2.45) is 0 Å². The van der Waals surface area contributed by atoms with E-state index in [2.05, 4.69) is 0 Å². The molecule has 0 N–H and O–H groups in total. The molecule has 1 aliphatic rings. The Kier molecular flexibility index (Phi) is 4.02. The van der Waals surface area contributed by atoms with Gasteiger partial charge in [-0.25, -0.2) is 12.7 Å². The van der Waals surface area contributed by atoms with Gasteiger partial charge in [-0.15, -0.1) is 0 Å². The highest BCUT2D eigenvalue weighted by Crippen LogP contribution is 2.23. The van der Waals surface area contributed by atoms with Crippen molar-refractivity contribution < 1.29 is 17.6 Å². The summed E-state index contributed by atoms with van der Waals surface area (Å²) in [6, 6.07) is 13.4. The fourth-order valence-electron chi connectivity index (χ4n) is 2.54. The van der Waals surface area contributed by atoms with Crippen LogP contribution in [0.15, 0.2) is 46.9 Å². The number of aryl methyl sites for hydroxylation is 1. The Morgan fingerprint density at radius 3 is 2.59 bits per heavy atom. The Bertz CT molecular complexity index is 764. The minimum Gasteiger partial charge on any atom is -0.461 e. The molecule has 6 heteroatoms. The van der Waals surface area contributed by atoms with Crippen molar-refractivity contribution >= 4 is 15.9 Å². The highest BCUT2D eigenvalue weighted by atomic mass is 32.2. The zero-order chi connectivity index (χ0) is 15.6. The van der Waals surface area contributed by atoms with E-state index in [0.29, 0.717) is 25.1 Å². The normalized spacial score (nSPS) is 16.8. The number of amides is 1. The fourth-order valence-corrected chi connectivity index (χ4v) is 4.07. The van der Waals surface area contributed by atoms with Crippen LogP contribution in [0.3, 0.4) is 0 Å². The van der Waals surface area contributed by atoms with Gasteiger partial charge in [0.2, 0.25) is 15.9 Å². The lowest BCUT2D eigenvalue weighted by atomic mass is 10.2. The predicted octanol–water partition coefficient (Wildman–Crippen LogP) is 2.44. The number of carbonyl (C=O) groups is 1. The minimum atomic E-state index is -3.38. The summed E-state index contributed by atoms with van der Waals surface area (Å²) in [4.78, 5) is 12.0. The molecule has 0 radical (unpaired) electrons. The molecule has 0 unspecified atom stereocenters. The molecule has 2 heterocycles. The second-order valence-electron chi connectivity index (χ2n) is 5.27. The topological polar surface area (TPSA) is 67.6 Å². The SMILES string of the molecule is O=C(CCc1ccc(-c2ccccc2)o1)N1CCCS1(=O)=O. The highest BCUT2D eigenvalue weighted by molar-refractivity contribution is 7.89. The number of rotatable bonds is 4. The average molecular weight is 319 g/mol. The van der Waals surface area contributed by atoms with Gasteiger partial charge in [0.15, 0.2) is 0 Å². The first kappa shape index (κ1) is 14.8. The monoisotopic (exact) mass is 319 g/mol. The maximum Gasteiger partial charge on any atom is 0.237 e. The summed E-state index contributed by atoms with van der Waals surface area (Å²) in [6.07, 6.45) is 1.06. The average Bonchev–Trinajstić information content (AvgIpc) is 3.12. The van der Waals surface area contributed by atoms with Gasteiger partial charge in [-0.1, -0.05) is 30.3 Å². The van der Waals surface area contributed by atoms with Gasteiger partial charge in [0.1, 0.15) is 11.5 Å².